The molecule has 6 nitrogen and oxygen atoms in total. The topological polar surface area (TPSA) is 61.9 Å². The number of rotatable bonds is 6. The molecule has 2 aromatic carbocycles. The zero-order valence-corrected chi connectivity index (χ0v) is 17.5. The number of hydrogen-bond donors (Lipinski definition) is 1. The summed E-state index contributed by atoms with van der Waals surface area (Å²) in [6.45, 7) is 3.86. The molecule has 1 atom stereocenters. The Morgan fingerprint density at radius 3 is 2.73 bits per heavy atom. The summed E-state index contributed by atoms with van der Waals surface area (Å²) in [5.74, 6) is 1.33. The third kappa shape index (κ3) is 4.82. The van der Waals surface area contributed by atoms with E-state index in [1.165, 1.54) is 12.0 Å². The first-order chi connectivity index (χ1) is 14.6. The van der Waals surface area contributed by atoms with Crippen LogP contribution in [0.25, 0.3) is 0 Å². The van der Waals surface area contributed by atoms with E-state index in [0.29, 0.717) is 31.1 Å². The van der Waals surface area contributed by atoms with Gasteiger partial charge in [0, 0.05) is 25.2 Å². The summed E-state index contributed by atoms with van der Waals surface area (Å²) in [6, 6.07) is 15.6. The quantitative estimate of drug-likeness (QED) is 0.799. The summed E-state index contributed by atoms with van der Waals surface area (Å²) in [7, 11) is 1.63. The molecule has 30 heavy (non-hydrogen) atoms. The van der Waals surface area contributed by atoms with Gasteiger partial charge >= 0.3 is 0 Å². The van der Waals surface area contributed by atoms with Gasteiger partial charge in [-0.2, -0.15) is 0 Å². The standard InChI is InChI=1S/C24H29N3O3/c1-30-22-7-3-5-20(14-22)16-26-10-11-27(17-23(26)28)24(29)21-6-2-4-18(13-21)12-19-8-9-25-15-19/h2-7,13-14,19,25H,8-12,15-17H2,1H3. The number of methoxy groups -OCH3 is 1. The number of ether oxygens (including phenoxy) is 1. The summed E-state index contributed by atoms with van der Waals surface area (Å²) in [6.07, 6.45) is 2.17. The minimum absolute atomic E-state index is 0.0226. The van der Waals surface area contributed by atoms with Gasteiger partial charge < -0.3 is 19.9 Å². The second-order valence-corrected chi connectivity index (χ2v) is 8.16. The van der Waals surface area contributed by atoms with E-state index in [1.54, 1.807) is 12.0 Å². The number of carbonyl (C=O) groups excluding carboxylic acids is 2. The Hall–Kier alpha value is -2.86. The van der Waals surface area contributed by atoms with Gasteiger partial charge in [-0.25, -0.2) is 0 Å². The molecule has 2 aliphatic rings. The van der Waals surface area contributed by atoms with Crippen molar-refractivity contribution in [1.29, 1.82) is 0 Å². The van der Waals surface area contributed by atoms with Crippen LogP contribution in [-0.4, -0.2) is 61.4 Å². The molecular weight excluding hydrogens is 378 g/mol. The van der Waals surface area contributed by atoms with Gasteiger partial charge in [-0.1, -0.05) is 24.3 Å². The molecule has 0 bridgehead atoms. The zero-order chi connectivity index (χ0) is 20.9. The van der Waals surface area contributed by atoms with Crippen LogP contribution in [0.2, 0.25) is 0 Å². The van der Waals surface area contributed by atoms with Gasteiger partial charge in [0.2, 0.25) is 5.91 Å². The van der Waals surface area contributed by atoms with E-state index in [-0.39, 0.29) is 18.4 Å². The van der Waals surface area contributed by atoms with Gasteiger partial charge in [-0.3, -0.25) is 9.59 Å². The third-order valence-corrected chi connectivity index (χ3v) is 5.97. The van der Waals surface area contributed by atoms with Crippen LogP contribution in [0.15, 0.2) is 48.5 Å². The van der Waals surface area contributed by atoms with Gasteiger partial charge in [0.15, 0.2) is 0 Å². The van der Waals surface area contributed by atoms with Crippen LogP contribution >= 0.6 is 0 Å². The lowest BCUT2D eigenvalue weighted by Gasteiger charge is -2.34. The first-order valence-corrected chi connectivity index (χ1v) is 10.6. The normalized spacial score (nSPS) is 19.2. The number of amides is 2. The SMILES string of the molecule is COc1cccc(CN2CCN(C(=O)c3cccc(CC4CCNC4)c3)CC2=O)c1. The number of piperazine rings is 1. The maximum absolute atomic E-state index is 13.0. The van der Waals surface area contributed by atoms with Gasteiger partial charge in [0.25, 0.3) is 5.91 Å². The lowest BCUT2D eigenvalue weighted by Crippen LogP contribution is -2.51. The molecule has 1 unspecified atom stereocenters. The summed E-state index contributed by atoms with van der Waals surface area (Å²) in [5, 5.41) is 3.39. The molecule has 4 rings (SSSR count). The smallest absolute Gasteiger partial charge is 0.254 e. The summed E-state index contributed by atoms with van der Waals surface area (Å²) < 4.78 is 5.26. The Morgan fingerprint density at radius 2 is 1.97 bits per heavy atom. The van der Waals surface area contributed by atoms with E-state index in [9.17, 15) is 9.59 Å². The number of hydrogen-bond acceptors (Lipinski definition) is 4. The highest BCUT2D eigenvalue weighted by Crippen LogP contribution is 2.19. The average Bonchev–Trinajstić information content (AvgIpc) is 3.28. The molecule has 0 aromatic heterocycles. The molecule has 0 radical (unpaired) electrons. The van der Waals surface area contributed by atoms with Crippen LogP contribution in [-0.2, 0) is 17.8 Å². The first kappa shape index (κ1) is 20.4. The van der Waals surface area contributed by atoms with Crippen molar-refractivity contribution < 1.29 is 14.3 Å². The highest BCUT2D eigenvalue weighted by molar-refractivity contribution is 5.97. The summed E-state index contributed by atoms with van der Waals surface area (Å²) >= 11 is 0. The van der Waals surface area contributed by atoms with E-state index >= 15 is 0 Å². The van der Waals surface area contributed by atoms with Gasteiger partial charge in [0.1, 0.15) is 12.3 Å². The van der Waals surface area contributed by atoms with Crippen molar-refractivity contribution in [2.75, 3.05) is 39.8 Å². The molecule has 2 aromatic rings. The lowest BCUT2D eigenvalue weighted by atomic mass is 9.97. The van der Waals surface area contributed by atoms with E-state index < -0.39 is 0 Å². The number of nitrogens with zero attached hydrogens (tertiary/aromatic N) is 2. The Labute approximate surface area is 177 Å². The van der Waals surface area contributed by atoms with Crippen LogP contribution in [0.4, 0.5) is 0 Å². The molecular formula is C24H29N3O3. The molecule has 2 fully saturated rings. The van der Waals surface area contributed by atoms with Crippen LogP contribution in [0.1, 0.15) is 27.9 Å². The first-order valence-electron chi connectivity index (χ1n) is 10.6. The van der Waals surface area contributed by atoms with Crippen molar-refractivity contribution in [3.8, 4) is 5.75 Å². The molecule has 158 valence electrons. The lowest BCUT2D eigenvalue weighted by molar-refractivity contribution is -0.135. The summed E-state index contributed by atoms with van der Waals surface area (Å²) in [4.78, 5) is 29.2. The van der Waals surface area contributed by atoms with Crippen molar-refractivity contribution in [1.82, 2.24) is 15.1 Å². The number of nitrogens with one attached hydrogen (secondary N) is 1. The molecule has 6 heteroatoms. The second-order valence-electron chi connectivity index (χ2n) is 8.16. The maximum Gasteiger partial charge on any atom is 0.254 e. The highest BCUT2D eigenvalue weighted by atomic mass is 16.5. The molecule has 1 N–H and O–H groups in total. The minimum atomic E-state index is -0.0595. The van der Waals surface area contributed by atoms with Crippen molar-refractivity contribution in [2.24, 2.45) is 5.92 Å². The predicted molar refractivity (Wildman–Crippen MR) is 115 cm³/mol. The summed E-state index contributed by atoms with van der Waals surface area (Å²) in [5.41, 5.74) is 2.89. The van der Waals surface area contributed by atoms with E-state index in [0.717, 1.165) is 30.8 Å². The van der Waals surface area contributed by atoms with E-state index in [4.69, 9.17) is 4.74 Å². The largest absolute Gasteiger partial charge is 0.497 e. The molecule has 0 aliphatic carbocycles. The Kier molecular flexibility index (Phi) is 6.33. The van der Waals surface area contributed by atoms with E-state index in [2.05, 4.69) is 11.4 Å². The fourth-order valence-electron chi connectivity index (χ4n) is 4.28. The van der Waals surface area contributed by atoms with Gasteiger partial charge in [-0.05, 0) is 67.2 Å². The van der Waals surface area contributed by atoms with Gasteiger partial charge in [-0.15, -0.1) is 0 Å². The van der Waals surface area contributed by atoms with Crippen molar-refractivity contribution in [3.05, 3.63) is 65.2 Å². The van der Waals surface area contributed by atoms with Crippen molar-refractivity contribution in [2.45, 2.75) is 19.4 Å². The van der Waals surface area contributed by atoms with Crippen molar-refractivity contribution >= 4 is 11.8 Å². The molecule has 2 saturated heterocycles. The highest BCUT2D eigenvalue weighted by Gasteiger charge is 2.28. The minimum Gasteiger partial charge on any atom is -0.497 e. The predicted octanol–water partition coefficient (Wildman–Crippen LogP) is 2.33. The van der Waals surface area contributed by atoms with Crippen molar-refractivity contribution in [3.63, 3.8) is 0 Å². The Morgan fingerprint density at radius 1 is 1.13 bits per heavy atom. The van der Waals surface area contributed by atoms with Crippen LogP contribution in [0.5, 0.6) is 5.75 Å². The zero-order valence-electron chi connectivity index (χ0n) is 17.5. The average molecular weight is 408 g/mol. The molecule has 2 amide bonds. The molecule has 0 spiro atoms. The third-order valence-electron chi connectivity index (χ3n) is 5.97. The fraction of sp³-hybridized carbons (Fsp3) is 0.417. The molecule has 2 heterocycles. The van der Waals surface area contributed by atoms with Crippen LogP contribution in [0.3, 0.4) is 0 Å². The number of benzene rings is 2. The maximum atomic E-state index is 13.0. The van der Waals surface area contributed by atoms with E-state index in [1.807, 2.05) is 47.4 Å². The Bertz CT molecular complexity index is 908. The molecule has 2 aliphatic heterocycles. The fourth-order valence-corrected chi connectivity index (χ4v) is 4.28. The van der Waals surface area contributed by atoms with Crippen LogP contribution < -0.4 is 10.1 Å². The number of carbonyl (C=O) groups is 2. The monoisotopic (exact) mass is 407 g/mol. The van der Waals surface area contributed by atoms with Crippen LogP contribution in [0, 0.1) is 5.92 Å². The molecule has 0 saturated carbocycles. The second kappa shape index (κ2) is 9.30. The Balaban J connectivity index is 1.36. The van der Waals surface area contributed by atoms with Gasteiger partial charge in [0.05, 0.1) is 7.11 Å².